The zero-order valence-electron chi connectivity index (χ0n) is 12.0. The molecule has 1 aliphatic rings. The van der Waals surface area contributed by atoms with Crippen molar-refractivity contribution in [3.63, 3.8) is 0 Å². The molecule has 1 rings (SSSR count). The molecule has 19 heavy (non-hydrogen) atoms. The monoisotopic (exact) mass is 382 g/mol. The highest BCUT2D eigenvalue weighted by Crippen LogP contribution is 2.11. The molecule has 0 aromatic heterocycles. The lowest BCUT2D eigenvalue weighted by Crippen LogP contribution is -2.42. The number of carbonyl (C=O) groups excluding carboxylic acids is 2. The van der Waals surface area contributed by atoms with E-state index in [1.807, 2.05) is 38.0 Å². The Morgan fingerprint density at radius 2 is 1.58 bits per heavy atom. The standard InChI is InChI=1S/C12H22N4O2.HI/c1-14(2)12(15(3)4)13-8-9-16-10(17)6-5-7-11(16)18;/h5-9H2,1-4H3;1H. The third-order valence-electron chi connectivity index (χ3n) is 2.76. The van der Waals surface area contributed by atoms with Crippen molar-refractivity contribution >= 4 is 41.8 Å². The number of halogens is 1. The average Bonchev–Trinajstić information content (AvgIpc) is 2.26. The van der Waals surface area contributed by atoms with Crippen LogP contribution in [0.15, 0.2) is 4.99 Å². The molecule has 0 aromatic rings. The van der Waals surface area contributed by atoms with Crippen LogP contribution in [0.4, 0.5) is 0 Å². The van der Waals surface area contributed by atoms with Crippen LogP contribution in [-0.2, 0) is 9.59 Å². The fourth-order valence-electron chi connectivity index (χ4n) is 1.98. The van der Waals surface area contributed by atoms with Crippen molar-refractivity contribution in [3.8, 4) is 0 Å². The molecule has 1 aliphatic heterocycles. The number of amides is 2. The van der Waals surface area contributed by atoms with Gasteiger partial charge in [-0.1, -0.05) is 0 Å². The van der Waals surface area contributed by atoms with Gasteiger partial charge in [-0.25, -0.2) is 0 Å². The van der Waals surface area contributed by atoms with Crippen LogP contribution in [0.5, 0.6) is 0 Å². The number of imide groups is 1. The van der Waals surface area contributed by atoms with Gasteiger partial charge in [0.25, 0.3) is 0 Å². The van der Waals surface area contributed by atoms with Crippen LogP contribution in [0.25, 0.3) is 0 Å². The van der Waals surface area contributed by atoms with E-state index in [2.05, 4.69) is 4.99 Å². The minimum absolute atomic E-state index is 0. The number of piperidine rings is 1. The molecule has 0 bridgehead atoms. The highest BCUT2D eigenvalue weighted by Gasteiger charge is 2.25. The maximum Gasteiger partial charge on any atom is 0.229 e. The van der Waals surface area contributed by atoms with Crippen LogP contribution >= 0.6 is 24.0 Å². The maximum absolute atomic E-state index is 11.6. The van der Waals surface area contributed by atoms with Gasteiger partial charge < -0.3 is 9.80 Å². The molecule has 0 N–H and O–H groups in total. The minimum atomic E-state index is -0.0716. The molecule has 1 saturated heterocycles. The second kappa shape index (κ2) is 8.34. The third-order valence-corrected chi connectivity index (χ3v) is 2.76. The number of nitrogens with zero attached hydrogens (tertiary/aromatic N) is 4. The van der Waals surface area contributed by atoms with E-state index in [0.717, 1.165) is 5.96 Å². The second-order valence-electron chi connectivity index (χ2n) is 4.76. The summed E-state index contributed by atoms with van der Waals surface area (Å²) in [6, 6.07) is 0. The summed E-state index contributed by atoms with van der Waals surface area (Å²) >= 11 is 0. The fourth-order valence-corrected chi connectivity index (χ4v) is 1.98. The molecular formula is C12H23IN4O2. The first-order valence-electron chi connectivity index (χ1n) is 6.15. The summed E-state index contributed by atoms with van der Waals surface area (Å²) in [6.07, 6.45) is 1.63. The summed E-state index contributed by atoms with van der Waals surface area (Å²) in [5.41, 5.74) is 0. The number of hydrogen-bond acceptors (Lipinski definition) is 3. The van der Waals surface area contributed by atoms with Gasteiger partial charge in [-0.3, -0.25) is 19.5 Å². The molecule has 2 amide bonds. The van der Waals surface area contributed by atoms with Crippen LogP contribution in [0, 0.1) is 0 Å². The molecule has 1 fully saturated rings. The first-order valence-corrected chi connectivity index (χ1v) is 6.15. The summed E-state index contributed by atoms with van der Waals surface area (Å²) in [5, 5.41) is 0. The van der Waals surface area contributed by atoms with Crippen molar-refractivity contribution in [1.82, 2.24) is 14.7 Å². The smallest absolute Gasteiger partial charge is 0.229 e. The summed E-state index contributed by atoms with van der Waals surface area (Å²) in [6.45, 7) is 0.825. The van der Waals surface area contributed by atoms with Crippen LogP contribution in [0.3, 0.4) is 0 Å². The first-order chi connectivity index (χ1) is 8.43. The highest BCUT2D eigenvalue weighted by atomic mass is 127. The second-order valence-corrected chi connectivity index (χ2v) is 4.76. The van der Waals surface area contributed by atoms with Crippen molar-refractivity contribution in [2.45, 2.75) is 19.3 Å². The van der Waals surface area contributed by atoms with E-state index in [1.54, 1.807) is 0 Å². The molecule has 0 atom stereocenters. The van der Waals surface area contributed by atoms with E-state index in [1.165, 1.54) is 4.90 Å². The Labute approximate surface area is 131 Å². The highest BCUT2D eigenvalue weighted by molar-refractivity contribution is 14.0. The molecular weight excluding hydrogens is 359 g/mol. The SMILES string of the molecule is CN(C)C(=NCCN1C(=O)CCCC1=O)N(C)C.I. The molecule has 110 valence electrons. The van der Waals surface area contributed by atoms with Gasteiger partial charge in [-0.2, -0.15) is 0 Å². The summed E-state index contributed by atoms with van der Waals surface area (Å²) in [7, 11) is 7.65. The number of guanidine groups is 1. The van der Waals surface area contributed by atoms with Crippen molar-refractivity contribution in [2.24, 2.45) is 4.99 Å². The Kier molecular flexibility index (Phi) is 7.96. The minimum Gasteiger partial charge on any atom is -0.349 e. The fraction of sp³-hybridized carbons (Fsp3) is 0.750. The number of likely N-dealkylation sites (tertiary alicyclic amines) is 1. The zero-order chi connectivity index (χ0) is 13.7. The lowest BCUT2D eigenvalue weighted by atomic mass is 10.1. The Morgan fingerprint density at radius 3 is 2.00 bits per heavy atom. The Hall–Kier alpha value is -0.860. The molecule has 6 nitrogen and oxygen atoms in total. The lowest BCUT2D eigenvalue weighted by molar-refractivity contribution is -0.147. The zero-order valence-corrected chi connectivity index (χ0v) is 14.4. The lowest BCUT2D eigenvalue weighted by Gasteiger charge is -2.25. The molecule has 0 spiro atoms. The van der Waals surface area contributed by atoms with Crippen LogP contribution in [-0.4, -0.2) is 73.8 Å². The van der Waals surface area contributed by atoms with E-state index in [0.29, 0.717) is 32.4 Å². The van der Waals surface area contributed by atoms with E-state index >= 15 is 0 Å². The molecule has 7 heteroatoms. The van der Waals surface area contributed by atoms with E-state index in [4.69, 9.17) is 0 Å². The summed E-state index contributed by atoms with van der Waals surface area (Å²) in [5.74, 6) is 0.683. The maximum atomic E-state index is 11.6. The van der Waals surface area contributed by atoms with E-state index in [-0.39, 0.29) is 35.8 Å². The van der Waals surface area contributed by atoms with Gasteiger partial charge in [0.05, 0.1) is 6.54 Å². The number of aliphatic imine (C=N–C) groups is 1. The van der Waals surface area contributed by atoms with Crippen molar-refractivity contribution in [1.29, 1.82) is 0 Å². The Balaban J connectivity index is 0.00000324. The predicted octanol–water partition coefficient (Wildman–Crippen LogP) is 0.623. The number of rotatable bonds is 3. The van der Waals surface area contributed by atoms with Gasteiger partial charge in [0, 0.05) is 47.6 Å². The van der Waals surface area contributed by atoms with Crippen molar-refractivity contribution in [3.05, 3.63) is 0 Å². The Morgan fingerprint density at radius 1 is 1.11 bits per heavy atom. The summed E-state index contributed by atoms with van der Waals surface area (Å²) in [4.78, 5) is 32.7. The van der Waals surface area contributed by atoms with Crippen molar-refractivity contribution < 1.29 is 9.59 Å². The normalized spacial score (nSPS) is 14.8. The van der Waals surface area contributed by atoms with Gasteiger partial charge in [-0.15, -0.1) is 24.0 Å². The van der Waals surface area contributed by atoms with Gasteiger partial charge in [-0.05, 0) is 6.42 Å². The molecule has 0 unspecified atom stereocenters. The molecule has 0 saturated carbocycles. The van der Waals surface area contributed by atoms with Gasteiger partial charge >= 0.3 is 0 Å². The predicted molar refractivity (Wildman–Crippen MR) is 85.7 cm³/mol. The third kappa shape index (κ3) is 5.33. The molecule has 0 aliphatic carbocycles. The topological polar surface area (TPSA) is 56.2 Å². The van der Waals surface area contributed by atoms with Gasteiger partial charge in [0.2, 0.25) is 11.8 Å². The van der Waals surface area contributed by atoms with Gasteiger partial charge in [0.1, 0.15) is 0 Å². The van der Waals surface area contributed by atoms with E-state index in [9.17, 15) is 9.59 Å². The largest absolute Gasteiger partial charge is 0.349 e. The summed E-state index contributed by atoms with van der Waals surface area (Å²) < 4.78 is 0. The van der Waals surface area contributed by atoms with Crippen LogP contribution in [0.2, 0.25) is 0 Å². The number of carbonyl (C=O) groups is 2. The van der Waals surface area contributed by atoms with Crippen LogP contribution in [0.1, 0.15) is 19.3 Å². The van der Waals surface area contributed by atoms with E-state index < -0.39 is 0 Å². The van der Waals surface area contributed by atoms with Crippen LogP contribution < -0.4 is 0 Å². The molecule has 0 aromatic carbocycles. The average molecular weight is 382 g/mol. The first kappa shape index (κ1) is 18.1. The Bertz CT molecular complexity index is 330. The van der Waals surface area contributed by atoms with Gasteiger partial charge in [0.15, 0.2) is 5.96 Å². The number of hydrogen-bond donors (Lipinski definition) is 0. The molecule has 0 radical (unpaired) electrons. The van der Waals surface area contributed by atoms with Crippen molar-refractivity contribution in [2.75, 3.05) is 41.3 Å². The molecule has 1 heterocycles. The quantitative estimate of drug-likeness (QED) is 0.311.